The number of nitrogens with zero attached hydrogens (tertiary/aromatic N) is 3. The Kier molecular flexibility index (Phi) is 2.22. The number of hydrogen-bond acceptors (Lipinski definition) is 4. The van der Waals surface area contributed by atoms with Crippen LogP contribution in [0.15, 0.2) is 18.2 Å². The molecule has 3 rings (SSSR count). The molecule has 0 amide bonds. The van der Waals surface area contributed by atoms with Gasteiger partial charge in [0.15, 0.2) is 0 Å². The van der Waals surface area contributed by atoms with E-state index in [1.165, 1.54) is 6.07 Å². The topological polar surface area (TPSA) is 93.5 Å². The Bertz CT molecular complexity index is 836. The Hall–Kier alpha value is -2.63. The van der Waals surface area contributed by atoms with Gasteiger partial charge in [-0.25, -0.2) is 14.8 Å². The highest BCUT2D eigenvalue weighted by Gasteiger charge is 2.14. The number of imidazole rings is 1. The molecule has 0 aliphatic carbocycles. The van der Waals surface area contributed by atoms with Crippen LogP contribution in [0.4, 0.5) is 5.82 Å². The van der Waals surface area contributed by atoms with Crippen molar-refractivity contribution in [1.29, 1.82) is 0 Å². The minimum Gasteiger partial charge on any atom is -0.478 e. The maximum atomic E-state index is 11.1. The van der Waals surface area contributed by atoms with Crippen LogP contribution in [-0.4, -0.2) is 25.4 Å². The van der Waals surface area contributed by atoms with Gasteiger partial charge < -0.3 is 10.8 Å². The molecule has 2 aromatic heterocycles. The lowest BCUT2D eigenvalue weighted by molar-refractivity contribution is 0.0697. The van der Waals surface area contributed by atoms with Crippen molar-refractivity contribution in [3.05, 3.63) is 35.3 Å². The minimum atomic E-state index is -0.971. The van der Waals surface area contributed by atoms with Crippen molar-refractivity contribution in [3.63, 3.8) is 0 Å². The van der Waals surface area contributed by atoms with Gasteiger partial charge in [-0.3, -0.25) is 4.40 Å². The highest BCUT2D eigenvalue weighted by molar-refractivity contribution is 5.94. The number of anilines is 1. The van der Waals surface area contributed by atoms with Crippen LogP contribution in [0.3, 0.4) is 0 Å². The zero-order chi connectivity index (χ0) is 13.7. The van der Waals surface area contributed by atoms with E-state index < -0.39 is 5.97 Å². The fraction of sp³-hybridized carbons (Fsp3) is 0.154. The predicted molar refractivity (Wildman–Crippen MR) is 71.3 cm³/mol. The van der Waals surface area contributed by atoms with Crippen molar-refractivity contribution in [2.24, 2.45) is 0 Å². The van der Waals surface area contributed by atoms with E-state index in [4.69, 9.17) is 10.8 Å². The van der Waals surface area contributed by atoms with Gasteiger partial charge in [0, 0.05) is 0 Å². The third-order valence-electron chi connectivity index (χ3n) is 3.17. The SMILES string of the molecule is Cc1nc(C)n2c1c(N)nc1ccc(C(=O)O)cc12. The van der Waals surface area contributed by atoms with Gasteiger partial charge in [-0.05, 0) is 32.0 Å². The number of aromatic carboxylic acids is 1. The molecule has 0 atom stereocenters. The number of hydrogen-bond donors (Lipinski definition) is 2. The number of aryl methyl sites for hydroxylation is 2. The Morgan fingerprint density at radius 3 is 2.74 bits per heavy atom. The van der Waals surface area contributed by atoms with Gasteiger partial charge in [0.2, 0.25) is 0 Å². The zero-order valence-electron chi connectivity index (χ0n) is 10.5. The first kappa shape index (κ1) is 11.5. The average Bonchev–Trinajstić information content (AvgIpc) is 2.65. The van der Waals surface area contributed by atoms with Crippen LogP contribution in [0.25, 0.3) is 16.6 Å². The summed E-state index contributed by atoms with van der Waals surface area (Å²) >= 11 is 0. The standard InChI is InChI=1S/C13H12N4O2/c1-6-11-12(14)16-9-4-3-8(13(18)19)5-10(9)17(11)7(2)15-6/h3-5H,1-2H3,(H2,14,16)(H,18,19). The number of carboxylic acids is 1. The molecule has 0 aliphatic heterocycles. The minimum absolute atomic E-state index is 0.214. The highest BCUT2D eigenvalue weighted by Crippen LogP contribution is 2.24. The van der Waals surface area contributed by atoms with E-state index >= 15 is 0 Å². The summed E-state index contributed by atoms with van der Waals surface area (Å²) in [6.45, 7) is 3.71. The molecule has 19 heavy (non-hydrogen) atoms. The van der Waals surface area contributed by atoms with Crippen molar-refractivity contribution < 1.29 is 9.90 Å². The summed E-state index contributed by atoms with van der Waals surface area (Å²) in [7, 11) is 0. The molecule has 3 aromatic rings. The summed E-state index contributed by atoms with van der Waals surface area (Å²) in [5, 5.41) is 9.08. The van der Waals surface area contributed by atoms with Gasteiger partial charge in [0.1, 0.15) is 17.2 Å². The van der Waals surface area contributed by atoms with Gasteiger partial charge in [0.05, 0.1) is 22.3 Å². The number of nitrogens with two attached hydrogens (primary N) is 1. The second-order valence-corrected chi connectivity index (χ2v) is 4.43. The average molecular weight is 256 g/mol. The van der Waals surface area contributed by atoms with Crippen molar-refractivity contribution in [3.8, 4) is 0 Å². The molecule has 0 saturated carbocycles. The molecule has 2 heterocycles. The fourth-order valence-corrected chi connectivity index (χ4v) is 2.38. The lowest BCUT2D eigenvalue weighted by Crippen LogP contribution is -2.02. The van der Waals surface area contributed by atoms with E-state index in [0.29, 0.717) is 16.9 Å². The smallest absolute Gasteiger partial charge is 0.335 e. The van der Waals surface area contributed by atoms with Crippen molar-refractivity contribution >= 4 is 28.3 Å². The van der Waals surface area contributed by atoms with Gasteiger partial charge in [-0.1, -0.05) is 0 Å². The van der Waals surface area contributed by atoms with Crippen LogP contribution < -0.4 is 5.73 Å². The summed E-state index contributed by atoms with van der Waals surface area (Å²) in [4.78, 5) is 19.7. The van der Waals surface area contributed by atoms with Crippen LogP contribution in [0.5, 0.6) is 0 Å². The number of benzene rings is 1. The number of fused-ring (bicyclic) bond motifs is 3. The van der Waals surface area contributed by atoms with Crippen LogP contribution in [0.1, 0.15) is 21.9 Å². The van der Waals surface area contributed by atoms with E-state index in [0.717, 1.165) is 17.0 Å². The van der Waals surface area contributed by atoms with E-state index in [1.54, 1.807) is 12.1 Å². The molecule has 0 saturated heterocycles. The van der Waals surface area contributed by atoms with Crippen molar-refractivity contribution in [2.75, 3.05) is 5.73 Å². The molecule has 6 nitrogen and oxygen atoms in total. The van der Waals surface area contributed by atoms with Crippen LogP contribution in [0, 0.1) is 13.8 Å². The third-order valence-corrected chi connectivity index (χ3v) is 3.17. The normalized spacial score (nSPS) is 11.3. The predicted octanol–water partition coefficient (Wildman–Crippen LogP) is 1.78. The summed E-state index contributed by atoms with van der Waals surface area (Å²) < 4.78 is 1.85. The molecule has 0 unspecified atom stereocenters. The quantitative estimate of drug-likeness (QED) is 0.692. The summed E-state index contributed by atoms with van der Waals surface area (Å²) in [5.74, 6) is 0.184. The molecular formula is C13H12N4O2. The van der Waals surface area contributed by atoms with Crippen LogP contribution in [-0.2, 0) is 0 Å². The maximum absolute atomic E-state index is 11.1. The van der Waals surface area contributed by atoms with E-state index in [1.807, 2.05) is 18.2 Å². The number of nitrogen functional groups attached to an aromatic ring is 1. The summed E-state index contributed by atoms with van der Waals surface area (Å²) in [5.41, 5.74) is 9.02. The first-order chi connectivity index (χ1) is 8.99. The van der Waals surface area contributed by atoms with E-state index in [-0.39, 0.29) is 5.56 Å². The summed E-state index contributed by atoms with van der Waals surface area (Å²) in [6.07, 6.45) is 0. The van der Waals surface area contributed by atoms with E-state index in [9.17, 15) is 4.79 Å². The van der Waals surface area contributed by atoms with Crippen LogP contribution >= 0.6 is 0 Å². The number of aromatic nitrogens is 3. The Labute approximate surface area is 108 Å². The fourth-order valence-electron chi connectivity index (χ4n) is 2.38. The molecule has 1 aromatic carbocycles. The molecule has 0 spiro atoms. The largest absolute Gasteiger partial charge is 0.478 e. The molecule has 0 radical (unpaired) electrons. The molecule has 0 fully saturated rings. The van der Waals surface area contributed by atoms with Crippen LogP contribution in [0.2, 0.25) is 0 Å². The van der Waals surface area contributed by atoms with Crippen molar-refractivity contribution in [2.45, 2.75) is 13.8 Å². The Morgan fingerprint density at radius 2 is 2.05 bits per heavy atom. The molecule has 0 aliphatic rings. The number of rotatable bonds is 1. The Morgan fingerprint density at radius 1 is 1.32 bits per heavy atom. The molecular weight excluding hydrogens is 244 g/mol. The first-order valence-electron chi connectivity index (χ1n) is 5.77. The first-order valence-corrected chi connectivity index (χ1v) is 5.77. The van der Waals surface area contributed by atoms with E-state index in [2.05, 4.69) is 9.97 Å². The molecule has 96 valence electrons. The Balaban J connectivity index is 2.55. The lowest BCUT2D eigenvalue weighted by Gasteiger charge is -2.07. The molecule has 6 heteroatoms. The van der Waals surface area contributed by atoms with Gasteiger partial charge in [-0.15, -0.1) is 0 Å². The van der Waals surface area contributed by atoms with Gasteiger partial charge >= 0.3 is 5.97 Å². The third kappa shape index (κ3) is 1.53. The lowest BCUT2D eigenvalue weighted by atomic mass is 10.2. The second kappa shape index (κ2) is 3.68. The molecule has 3 N–H and O–H groups in total. The van der Waals surface area contributed by atoms with Crippen molar-refractivity contribution in [1.82, 2.24) is 14.4 Å². The van der Waals surface area contributed by atoms with Gasteiger partial charge in [0.25, 0.3) is 0 Å². The number of carboxylic acid groups (broad SMARTS) is 1. The van der Waals surface area contributed by atoms with Gasteiger partial charge in [-0.2, -0.15) is 0 Å². The second-order valence-electron chi connectivity index (χ2n) is 4.43. The molecule has 0 bridgehead atoms. The highest BCUT2D eigenvalue weighted by atomic mass is 16.4. The number of carbonyl (C=O) groups is 1. The monoisotopic (exact) mass is 256 g/mol. The zero-order valence-corrected chi connectivity index (χ0v) is 10.5. The maximum Gasteiger partial charge on any atom is 0.335 e. The summed E-state index contributed by atoms with van der Waals surface area (Å²) in [6, 6.07) is 4.76.